The van der Waals surface area contributed by atoms with Gasteiger partial charge in [-0.05, 0) is 6.42 Å². The lowest BCUT2D eigenvalue weighted by Crippen LogP contribution is -2.46. The Bertz CT molecular complexity index is 387. The van der Waals surface area contributed by atoms with Crippen LogP contribution >= 0.6 is 11.6 Å². The van der Waals surface area contributed by atoms with Crippen molar-refractivity contribution >= 4 is 23.0 Å². The van der Waals surface area contributed by atoms with Crippen molar-refractivity contribution in [1.29, 1.82) is 0 Å². The van der Waals surface area contributed by atoms with Crippen molar-refractivity contribution in [2.24, 2.45) is 0 Å². The predicted molar refractivity (Wildman–Crippen MR) is 67.3 cm³/mol. The molecule has 1 unspecified atom stereocenters. The molecule has 1 aliphatic heterocycles. The van der Waals surface area contributed by atoms with Crippen LogP contribution in [0, 0.1) is 0 Å². The number of nitrogens with two attached hydrogens (primary N) is 1. The first-order valence-electron chi connectivity index (χ1n) is 5.58. The van der Waals surface area contributed by atoms with Crippen LogP contribution in [-0.2, 0) is 4.74 Å². The molecular weight excluding hydrogens is 242 g/mol. The monoisotopic (exact) mass is 257 g/mol. The summed E-state index contributed by atoms with van der Waals surface area (Å²) in [4.78, 5) is 6.07. The Kier molecular flexibility index (Phi) is 4.04. The number of anilines is 2. The van der Waals surface area contributed by atoms with Crippen LogP contribution in [0.1, 0.15) is 6.42 Å². The van der Waals surface area contributed by atoms with Gasteiger partial charge in [0.05, 0.1) is 36.8 Å². The van der Waals surface area contributed by atoms with Crippen molar-refractivity contribution in [2.75, 3.05) is 37.0 Å². The quantitative estimate of drug-likeness (QED) is 0.788. The Labute approximate surface area is 105 Å². The van der Waals surface area contributed by atoms with Gasteiger partial charge in [-0.2, -0.15) is 0 Å². The van der Waals surface area contributed by atoms with Gasteiger partial charge in [-0.3, -0.25) is 0 Å². The summed E-state index contributed by atoms with van der Waals surface area (Å²) in [5.41, 5.74) is 7.38. The fourth-order valence-electron chi connectivity index (χ4n) is 2.04. The number of ether oxygens (including phenoxy) is 1. The van der Waals surface area contributed by atoms with E-state index in [1.54, 1.807) is 12.3 Å². The van der Waals surface area contributed by atoms with E-state index in [2.05, 4.69) is 9.88 Å². The van der Waals surface area contributed by atoms with E-state index in [0.29, 0.717) is 30.5 Å². The van der Waals surface area contributed by atoms with E-state index in [0.717, 1.165) is 12.2 Å². The maximum atomic E-state index is 9.06. The lowest BCUT2D eigenvalue weighted by Gasteiger charge is -2.37. The van der Waals surface area contributed by atoms with Gasteiger partial charge in [-0.1, -0.05) is 11.6 Å². The van der Waals surface area contributed by atoms with Crippen molar-refractivity contribution in [2.45, 2.75) is 12.5 Å². The van der Waals surface area contributed by atoms with E-state index < -0.39 is 0 Å². The molecule has 0 saturated carbocycles. The van der Waals surface area contributed by atoms with Gasteiger partial charge in [-0.25, -0.2) is 4.98 Å². The number of aromatic nitrogens is 1. The van der Waals surface area contributed by atoms with Crippen LogP contribution in [0.4, 0.5) is 11.4 Å². The predicted octanol–water partition coefficient (Wildman–Crippen LogP) is 0.905. The molecule has 2 rings (SSSR count). The summed E-state index contributed by atoms with van der Waals surface area (Å²) in [6.07, 6.45) is 2.21. The Hall–Kier alpha value is -1.04. The van der Waals surface area contributed by atoms with Gasteiger partial charge in [0.1, 0.15) is 5.15 Å². The van der Waals surface area contributed by atoms with Gasteiger partial charge in [0.2, 0.25) is 0 Å². The van der Waals surface area contributed by atoms with Crippen LogP contribution in [-0.4, -0.2) is 42.5 Å². The molecule has 94 valence electrons. The molecule has 1 atom stereocenters. The van der Waals surface area contributed by atoms with Crippen LogP contribution in [0.3, 0.4) is 0 Å². The fourth-order valence-corrected chi connectivity index (χ4v) is 2.19. The Morgan fingerprint density at radius 3 is 3.24 bits per heavy atom. The molecule has 0 bridgehead atoms. The van der Waals surface area contributed by atoms with Crippen LogP contribution in [0.2, 0.25) is 5.15 Å². The fraction of sp³-hybridized carbons (Fsp3) is 0.545. The Morgan fingerprint density at radius 2 is 2.47 bits per heavy atom. The minimum atomic E-state index is 0.128. The number of hydrogen-bond acceptors (Lipinski definition) is 5. The molecule has 3 N–H and O–H groups in total. The number of nitrogens with zero attached hydrogens (tertiary/aromatic N) is 2. The average molecular weight is 258 g/mol. The summed E-state index contributed by atoms with van der Waals surface area (Å²) in [6, 6.07) is 1.89. The van der Waals surface area contributed by atoms with Crippen molar-refractivity contribution in [3.8, 4) is 0 Å². The molecule has 5 nitrogen and oxygen atoms in total. The number of aliphatic hydroxyl groups excluding tert-OH is 1. The molecule has 2 heterocycles. The first-order valence-corrected chi connectivity index (χ1v) is 5.96. The third-order valence-electron chi connectivity index (χ3n) is 2.88. The van der Waals surface area contributed by atoms with E-state index in [9.17, 15) is 0 Å². The van der Waals surface area contributed by atoms with Crippen LogP contribution in [0.15, 0.2) is 12.3 Å². The smallest absolute Gasteiger partial charge is 0.131 e. The molecule has 1 saturated heterocycles. The number of aliphatic hydroxyl groups is 1. The second-order valence-electron chi connectivity index (χ2n) is 4.00. The number of halogens is 1. The first kappa shape index (κ1) is 12.4. The molecule has 6 heteroatoms. The zero-order chi connectivity index (χ0) is 12.3. The summed E-state index contributed by atoms with van der Waals surface area (Å²) in [5.74, 6) is 0. The maximum absolute atomic E-state index is 9.06. The summed E-state index contributed by atoms with van der Waals surface area (Å²) in [5, 5.41) is 9.48. The standard InChI is InChI=1S/C11H16ClN3O2/c12-11-5-10(9(13)6-14-11)15-2-4-17-7-8(15)1-3-16/h5-6,8,16H,1-4,7,13H2. The minimum absolute atomic E-state index is 0.128. The SMILES string of the molecule is Nc1cnc(Cl)cc1N1CCOCC1CCO. The molecular formula is C11H16ClN3O2. The lowest BCUT2D eigenvalue weighted by molar-refractivity contribution is 0.0850. The molecule has 0 aliphatic carbocycles. The molecule has 0 radical (unpaired) electrons. The number of nitrogen functional groups attached to an aromatic ring is 1. The van der Waals surface area contributed by atoms with Gasteiger partial charge < -0.3 is 20.5 Å². The highest BCUT2D eigenvalue weighted by atomic mass is 35.5. The van der Waals surface area contributed by atoms with Crippen molar-refractivity contribution in [1.82, 2.24) is 4.98 Å². The van der Waals surface area contributed by atoms with E-state index in [-0.39, 0.29) is 12.6 Å². The molecule has 0 spiro atoms. The number of morpholine rings is 1. The second-order valence-corrected chi connectivity index (χ2v) is 4.39. The third kappa shape index (κ3) is 2.80. The normalized spacial score (nSPS) is 20.6. The molecule has 1 aromatic heterocycles. The number of rotatable bonds is 3. The molecule has 1 fully saturated rings. The van der Waals surface area contributed by atoms with Gasteiger partial charge in [0.25, 0.3) is 0 Å². The highest BCUT2D eigenvalue weighted by molar-refractivity contribution is 6.29. The van der Waals surface area contributed by atoms with Crippen LogP contribution < -0.4 is 10.6 Å². The first-order chi connectivity index (χ1) is 8.22. The van der Waals surface area contributed by atoms with Gasteiger partial charge in [0, 0.05) is 19.2 Å². The molecule has 1 aliphatic rings. The highest BCUT2D eigenvalue weighted by Gasteiger charge is 2.24. The topological polar surface area (TPSA) is 71.6 Å². The summed E-state index contributed by atoms with van der Waals surface area (Å²) in [7, 11) is 0. The van der Waals surface area contributed by atoms with Gasteiger partial charge >= 0.3 is 0 Å². The molecule has 1 aromatic rings. The minimum Gasteiger partial charge on any atom is -0.396 e. The lowest BCUT2D eigenvalue weighted by atomic mass is 10.1. The van der Waals surface area contributed by atoms with Gasteiger partial charge in [-0.15, -0.1) is 0 Å². The van der Waals surface area contributed by atoms with Crippen molar-refractivity contribution in [3.05, 3.63) is 17.4 Å². The van der Waals surface area contributed by atoms with E-state index in [4.69, 9.17) is 27.2 Å². The number of pyridine rings is 1. The zero-order valence-electron chi connectivity index (χ0n) is 9.47. The average Bonchev–Trinajstić information content (AvgIpc) is 2.34. The van der Waals surface area contributed by atoms with Crippen molar-refractivity contribution < 1.29 is 9.84 Å². The van der Waals surface area contributed by atoms with Crippen LogP contribution in [0.25, 0.3) is 0 Å². The largest absolute Gasteiger partial charge is 0.396 e. The zero-order valence-corrected chi connectivity index (χ0v) is 10.2. The van der Waals surface area contributed by atoms with Crippen molar-refractivity contribution in [3.63, 3.8) is 0 Å². The van der Waals surface area contributed by atoms with E-state index in [1.165, 1.54) is 0 Å². The Morgan fingerprint density at radius 1 is 1.65 bits per heavy atom. The highest BCUT2D eigenvalue weighted by Crippen LogP contribution is 2.28. The van der Waals surface area contributed by atoms with Gasteiger partial charge in [0.15, 0.2) is 0 Å². The van der Waals surface area contributed by atoms with Crippen LogP contribution in [0.5, 0.6) is 0 Å². The molecule has 17 heavy (non-hydrogen) atoms. The summed E-state index contributed by atoms with van der Waals surface area (Å²) < 4.78 is 5.41. The molecule has 0 amide bonds. The summed E-state index contributed by atoms with van der Waals surface area (Å²) >= 11 is 5.89. The number of hydrogen-bond donors (Lipinski definition) is 2. The third-order valence-corrected chi connectivity index (χ3v) is 3.08. The Balaban J connectivity index is 2.25. The second kappa shape index (κ2) is 5.53. The maximum Gasteiger partial charge on any atom is 0.131 e. The van der Waals surface area contributed by atoms with E-state index in [1.807, 2.05) is 0 Å². The molecule has 0 aromatic carbocycles. The van der Waals surface area contributed by atoms with E-state index >= 15 is 0 Å². The summed E-state index contributed by atoms with van der Waals surface area (Å²) in [6.45, 7) is 2.12.